The summed E-state index contributed by atoms with van der Waals surface area (Å²) in [5.74, 6) is 0. The van der Waals surface area contributed by atoms with Gasteiger partial charge in [0.15, 0.2) is 6.30 Å². The third-order valence-electron chi connectivity index (χ3n) is 3.46. The predicted molar refractivity (Wildman–Crippen MR) is 63.1 cm³/mol. The maximum absolute atomic E-state index is 13.5. The molecule has 1 aromatic rings. The Bertz CT molecular complexity index is 440. The molecule has 2 heterocycles. The number of urea groups is 1. The van der Waals surface area contributed by atoms with Crippen molar-refractivity contribution >= 4 is 6.03 Å². The molecule has 96 valence electrons. The second-order valence-corrected chi connectivity index (χ2v) is 4.69. The zero-order valence-corrected chi connectivity index (χ0v) is 9.96. The van der Waals surface area contributed by atoms with Gasteiger partial charge in [0, 0.05) is 6.54 Å². The van der Waals surface area contributed by atoms with E-state index in [1.54, 1.807) is 0 Å². The molecule has 0 radical (unpaired) electrons. The van der Waals surface area contributed by atoms with Crippen LogP contribution in [-0.4, -0.2) is 34.9 Å². The van der Waals surface area contributed by atoms with Crippen LogP contribution in [0, 0.1) is 0 Å². The summed E-state index contributed by atoms with van der Waals surface area (Å²) in [5.41, 5.74) is 0.999. The molecule has 4 nitrogen and oxygen atoms in total. The number of hydrogen-bond donors (Lipinski definition) is 0. The molecule has 5 heteroatoms. The number of fused-ring (bicyclic) bond motifs is 2. The Balaban J connectivity index is 1.65. The van der Waals surface area contributed by atoms with Crippen molar-refractivity contribution in [3.05, 3.63) is 35.9 Å². The fraction of sp³-hybridized carbons (Fsp3) is 0.462. The third-order valence-corrected chi connectivity index (χ3v) is 3.46. The van der Waals surface area contributed by atoms with Crippen LogP contribution >= 0.6 is 0 Å². The summed E-state index contributed by atoms with van der Waals surface area (Å²) < 4.78 is 13.5. The van der Waals surface area contributed by atoms with Crippen molar-refractivity contribution in [2.45, 2.75) is 31.8 Å². The van der Waals surface area contributed by atoms with Crippen LogP contribution < -0.4 is 0 Å². The number of alkyl halides is 1. The minimum atomic E-state index is -1.15. The van der Waals surface area contributed by atoms with E-state index in [9.17, 15) is 9.18 Å². The minimum absolute atomic E-state index is 0.00628. The third kappa shape index (κ3) is 1.95. The van der Waals surface area contributed by atoms with Crippen LogP contribution in [0.25, 0.3) is 0 Å². The average Bonchev–Trinajstić information content (AvgIpc) is 2.67. The molecule has 2 fully saturated rings. The van der Waals surface area contributed by atoms with Crippen molar-refractivity contribution < 1.29 is 14.0 Å². The van der Waals surface area contributed by atoms with Crippen molar-refractivity contribution in [1.29, 1.82) is 0 Å². The van der Waals surface area contributed by atoms with E-state index in [1.165, 1.54) is 9.96 Å². The number of amides is 2. The molecule has 18 heavy (non-hydrogen) atoms. The Morgan fingerprint density at radius 3 is 2.78 bits per heavy atom. The van der Waals surface area contributed by atoms with Gasteiger partial charge in [-0.15, -0.1) is 0 Å². The number of piperidine rings is 1. The maximum atomic E-state index is 13.5. The van der Waals surface area contributed by atoms with Crippen molar-refractivity contribution in [2.24, 2.45) is 0 Å². The van der Waals surface area contributed by atoms with E-state index in [-0.39, 0.29) is 12.1 Å². The van der Waals surface area contributed by atoms with Crippen molar-refractivity contribution in [2.75, 3.05) is 6.54 Å². The Morgan fingerprint density at radius 1 is 1.28 bits per heavy atom. The van der Waals surface area contributed by atoms with E-state index >= 15 is 0 Å². The zero-order chi connectivity index (χ0) is 12.5. The van der Waals surface area contributed by atoms with Gasteiger partial charge in [0.2, 0.25) is 0 Å². The van der Waals surface area contributed by atoms with Crippen molar-refractivity contribution in [3.63, 3.8) is 0 Å². The van der Waals surface area contributed by atoms with Crippen LogP contribution in [0.5, 0.6) is 0 Å². The highest BCUT2D eigenvalue weighted by atomic mass is 19.1. The van der Waals surface area contributed by atoms with Crippen molar-refractivity contribution in [3.8, 4) is 0 Å². The Morgan fingerprint density at radius 2 is 2.06 bits per heavy atom. The van der Waals surface area contributed by atoms with Crippen LogP contribution in [0.2, 0.25) is 0 Å². The SMILES string of the molecule is O=C1N2C[C@@H](CC[C@@H]2F)N1OCc1ccccc1. The molecular formula is C13H15FN2O2. The van der Waals surface area contributed by atoms with E-state index < -0.39 is 6.30 Å². The summed E-state index contributed by atoms with van der Waals surface area (Å²) >= 11 is 0. The van der Waals surface area contributed by atoms with Gasteiger partial charge < -0.3 is 0 Å². The van der Waals surface area contributed by atoms with Gasteiger partial charge in [-0.25, -0.2) is 9.18 Å². The lowest BCUT2D eigenvalue weighted by Crippen LogP contribution is -2.36. The van der Waals surface area contributed by atoms with E-state index in [0.29, 0.717) is 26.0 Å². The average molecular weight is 250 g/mol. The molecule has 2 amide bonds. The number of rotatable bonds is 3. The fourth-order valence-corrected chi connectivity index (χ4v) is 2.47. The molecule has 0 unspecified atom stereocenters. The van der Waals surface area contributed by atoms with E-state index in [4.69, 9.17) is 4.84 Å². The molecule has 3 rings (SSSR count). The number of carbonyl (C=O) groups is 1. The molecule has 2 saturated heterocycles. The highest BCUT2D eigenvalue weighted by Gasteiger charge is 2.45. The molecule has 2 aliphatic rings. The largest absolute Gasteiger partial charge is 0.346 e. The van der Waals surface area contributed by atoms with Gasteiger partial charge in [-0.05, 0) is 18.4 Å². The lowest BCUT2D eigenvalue weighted by molar-refractivity contribution is -0.140. The molecule has 2 bridgehead atoms. The van der Waals surface area contributed by atoms with E-state index in [1.807, 2.05) is 30.3 Å². The second-order valence-electron chi connectivity index (χ2n) is 4.69. The minimum Gasteiger partial charge on any atom is -0.290 e. The topological polar surface area (TPSA) is 32.8 Å². The molecular weight excluding hydrogens is 235 g/mol. The van der Waals surface area contributed by atoms with E-state index in [0.717, 1.165) is 5.56 Å². The molecule has 2 aliphatic heterocycles. The Kier molecular flexibility index (Phi) is 2.91. The fourth-order valence-electron chi connectivity index (χ4n) is 2.47. The van der Waals surface area contributed by atoms with Crippen LogP contribution in [-0.2, 0) is 11.4 Å². The number of halogens is 1. The lowest BCUT2D eigenvalue weighted by atomic mass is 10.1. The highest BCUT2D eigenvalue weighted by Crippen LogP contribution is 2.30. The highest BCUT2D eigenvalue weighted by molar-refractivity contribution is 5.76. The summed E-state index contributed by atoms with van der Waals surface area (Å²) in [6, 6.07) is 9.29. The molecule has 0 saturated carbocycles. The molecule has 0 spiro atoms. The first kappa shape index (κ1) is 11.5. The lowest BCUT2D eigenvalue weighted by Gasteiger charge is -2.24. The van der Waals surface area contributed by atoms with Crippen LogP contribution in [0.15, 0.2) is 30.3 Å². The first-order valence-electron chi connectivity index (χ1n) is 6.16. The van der Waals surface area contributed by atoms with Gasteiger partial charge in [-0.2, -0.15) is 5.06 Å². The quantitative estimate of drug-likeness (QED) is 0.771. The molecule has 0 aromatic heterocycles. The number of hydrogen-bond acceptors (Lipinski definition) is 2. The second kappa shape index (κ2) is 4.57. The van der Waals surface area contributed by atoms with Gasteiger partial charge in [0.1, 0.15) is 6.61 Å². The summed E-state index contributed by atoms with van der Waals surface area (Å²) in [4.78, 5) is 18.7. The number of nitrogens with zero attached hydrogens (tertiary/aromatic N) is 2. The van der Waals surface area contributed by atoms with Gasteiger partial charge >= 0.3 is 6.03 Å². The molecule has 0 N–H and O–H groups in total. The summed E-state index contributed by atoms with van der Waals surface area (Å²) in [7, 11) is 0. The van der Waals surface area contributed by atoms with Crippen LogP contribution in [0.3, 0.4) is 0 Å². The van der Waals surface area contributed by atoms with Crippen LogP contribution in [0.4, 0.5) is 9.18 Å². The van der Waals surface area contributed by atoms with Crippen LogP contribution in [0.1, 0.15) is 18.4 Å². The zero-order valence-electron chi connectivity index (χ0n) is 9.96. The first-order valence-corrected chi connectivity index (χ1v) is 6.16. The molecule has 2 atom stereocenters. The first-order chi connectivity index (χ1) is 8.75. The molecule has 1 aromatic carbocycles. The standard InChI is InChI=1S/C13H15FN2O2/c14-12-7-6-11-8-15(12)13(17)16(11)18-9-10-4-2-1-3-5-10/h1-5,11-12H,6-9H2/t11-,12-/m1/s1. The van der Waals surface area contributed by atoms with Gasteiger partial charge in [-0.1, -0.05) is 30.3 Å². The van der Waals surface area contributed by atoms with E-state index in [2.05, 4.69) is 0 Å². The number of benzene rings is 1. The smallest absolute Gasteiger partial charge is 0.290 e. The summed E-state index contributed by atoms with van der Waals surface area (Å²) in [6.45, 7) is 0.780. The predicted octanol–water partition coefficient (Wildman–Crippen LogP) is 2.31. The van der Waals surface area contributed by atoms with Gasteiger partial charge in [-0.3, -0.25) is 9.74 Å². The number of hydroxylamine groups is 2. The summed E-state index contributed by atoms with van der Waals surface area (Å²) in [5, 5.41) is 1.34. The molecule has 0 aliphatic carbocycles. The number of carbonyl (C=O) groups excluding carboxylic acids is 1. The van der Waals surface area contributed by atoms with Gasteiger partial charge in [0.05, 0.1) is 6.04 Å². The Hall–Kier alpha value is -1.62. The normalized spacial score (nSPS) is 26.8. The monoisotopic (exact) mass is 250 g/mol. The summed E-state index contributed by atoms with van der Waals surface area (Å²) in [6.07, 6.45) is -0.0844. The van der Waals surface area contributed by atoms with Gasteiger partial charge in [0.25, 0.3) is 0 Å². The maximum Gasteiger partial charge on any atom is 0.346 e. The Labute approximate surface area is 105 Å². The van der Waals surface area contributed by atoms with Crippen molar-refractivity contribution in [1.82, 2.24) is 9.96 Å².